The molecule has 0 bridgehead atoms. The number of hydrogen-bond donors (Lipinski definition) is 0. The van der Waals surface area contributed by atoms with Crippen LogP contribution in [0.2, 0.25) is 0 Å². The van der Waals surface area contributed by atoms with E-state index < -0.39 is 10.0 Å². The van der Waals surface area contributed by atoms with Crippen molar-refractivity contribution in [2.75, 3.05) is 19.6 Å². The van der Waals surface area contributed by atoms with E-state index in [2.05, 4.69) is 0 Å². The molecule has 2 aliphatic rings. The van der Waals surface area contributed by atoms with Crippen LogP contribution in [0.25, 0.3) is 0 Å². The molecule has 2 fully saturated rings. The lowest BCUT2D eigenvalue weighted by Crippen LogP contribution is -2.36. The first-order valence-corrected chi connectivity index (χ1v) is 10.7. The number of benzene rings is 2. The maximum atomic E-state index is 13.1. The van der Waals surface area contributed by atoms with Crippen molar-refractivity contribution in [3.63, 3.8) is 0 Å². The monoisotopic (exact) mass is 395 g/mol. The second kappa shape index (κ2) is 7.04. The molecule has 0 spiro atoms. The average molecular weight is 395 g/mol. The lowest BCUT2D eigenvalue weighted by Gasteiger charge is -2.29. The van der Waals surface area contributed by atoms with Crippen molar-refractivity contribution in [3.8, 4) is 6.07 Å². The van der Waals surface area contributed by atoms with Crippen molar-refractivity contribution in [1.82, 2.24) is 9.21 Å². The number of likely N-dealkylation sites (tertiary alicyclic amines) is 1. The summed E-state index contributed by atoms with van der Waals surface area (Å²) in [5.74, 6) is 0.200. The van der Waals surface area contributed by atoms with E-state index in [1.807, 2.05) is 41.3 Å². The topological polar surface area (TPSA) is 81.5 Å². The summed E-state index contributed by atoms with van der Waals surface area (Å²) in [6.07, 6.45) is 0. The Morgan fingerprint density at radius 1 is 1.04 bits per heavy atom. The van der Waals surface area contributed by atoms with Gasteiger partial charge in [0.2, 0.25) is 15.9 Å². The van der Waals surface area contributed by atoms with Crippen molar-refractivity contribution >= 4 is 15.9 Å². The highest BCUT2D eigenvalue weighted by Crippen LogP contribution is 2.46. The summed E-state index contributed by atoms with van der Waals surface area (Å²) in [4.78, 5) is 14.3. The Hall–Kier alpha value is -2.69. The number of hydrogen-bond acceptors (Lipinski definition) is 4. The minimum atomic E-state index is -3.63. The van der Waals surface area contributed by atoms with Gasteiger partial charge in [-0.15, -0.1) is 0 Å². The molecule has 0 unspecified atom stereocenters. The van der Waals surface area contributed by atoms with Crippen LogP contribution < -0.4 is 0 Å². The van der Waals surface area contributed by atoms with Crippen LogP contribution in [0.1, 0.15) is 24.1 Å². The highest BCUT2D eigenvalue weighted by molar-refractivity contribution is 7.89. The molecule has 0 saturated carbocycles. The second-order valence-corrected chi connectivity index (χ2v) is 9.35. The number of amides is 1. The Balaban J connectivity index is 1.62. The van der Waals surface area contributed by atoms with Crippen LogP contribution in [0.5, 0.6) is 0 Å². The van der Waals surface area contributed by atoms with Gasteiger partial charge < -0.3 is 4.90 Å². The molecule has 1 amide bonds. The largest absolute Gasteiger partial charge is 0.335 e. The molecule has 0 aliphatic carbocycles. The highest BCUT2D eigenvalue weighted by Gasteiger charge is 2.50. The van der Waals surface area contributed by atoms with Gasteiger partial charge in [-0.3, -0.25) is 4.79 Å². The number of nitriles is 1. The van der Waals surface area contributed by atoms with Crippen LogP contribution in [0.3, 0.4) is 0 Å². The summed E-state index contributed by atoms with van der Waals surface area (Å²) < 4.78 is 27.7. The van der Waals surface area contributed by atoms with E-state index in [9.17, 15) is 13.2 Å². The average Bonchev–Trinajstić information content (AvgIpc) is 3.27. The van der Waals surface area contributed by atoms with Crippen LogP contribution in [0.15, 0.2) is 59.5 Å². The zero-order valence-corrected chi connectivity index (χ0v) is 16.3. The van der Waals surface area contributed by atoms with E-state index in [1.165, 1.54) is 28.6 Å². The van der Waals surface area contributed by atoms with Gasteiger partial charge in [0.1, 0.15) is 0 Å². The van der Waals surface area contributed by atoms with Crippen molar-refractivity contribution in [1.29, 1.82) is 5.26 Å². The van der Waals surface area contributed by atoms with Crippen LogP contribution in [-0.4, -0.2) is 43.2 Å². The van der Waals surface area contributed by atoms with Gasteiger partial charge in [-0.1, -0.05) is 30.3 Å². The number of sulfonamides is 1. The molecule has 0 N–H and O–H groups in total. The van der Waals surface area contributed by atoms with Gasteiger partial charge in [0.15, 0.2) is 0 Å². The molecule has 2 aromatic carbocycles. The zero-order valence-electron chi connectivity index (χ0n) is 15.5. The molecule has 6 nitrogen and oxygen atoms in total. The number of rotatable bonds is 3. The fourth-order valence-corrected chi connectivity index (χ4v) is 5.99. The Morgan fingerprint density at radius 2 is 1.71 bits per heavy atom. The molecule has 28 heavy (non-hydrogen) atoms. The summed E-state index contributed by atoms with van der Waals surface area (Å²) in [7, 11) is -3.63. The first kappa shape index (κ1) is 18.7. The van der Waals surface area contributed by atoms with E-state index in [-0.39, 0.29) is 28.7 Å². The fourth-order valence-electron chi connectivity index (χ4n) is 4.45. The third kappa shape index (κ3) is 3.09. The quantitative estimate of drug-likeness (QED) is 0.799. The minimum absolute atomic E-state index is 0.0183. The van der Waals surface area contributed by atoms with Crippen LogP contribution >= 0.6 is 0 Å². The highest BCUT2D eigenvalue weighted by atomic mass is 32.2. The van der Waals surface area contributed by atoms with E-state index in [0.29, 0.717) is 25.2 Å². The van der Waals surface area contributed by atoms with Gasteiger partial charge in [-0.25, -0.2) is 8.42 Å². The van der Waals surface area contributed by atoms with Gasteiger partial charge in [-0.05, 0) is 35.7 Å². The van der Waals surface area contributed by atoms with Gasteiger partial charge in [0, 0.05) is 32.5 Å². The third-order valence-electron chi connectivity index (χ3n) is 5.80. The fraction of sp³-hybridized carbons (Fsp3) is 0.333. The number of carbonyl (C=O) groups excluding carboxylic acids is 1. The summed E-state index contributed by atoms with van der Waals surface area (Å²) in [6.45, 7) is 2.93. The Bertz CT molecular complexity index is 1030. The van der Waals surface area contributed by atoms with Gasteiger partial charge in [0.25, 0.3) is 0 Å². The molecule has 3 atom stereocenters. The summed E-state index contributed by atoms with van der Waals surface area (Å²) >= 11 is 0. The smallest absolute Gasteiger partial charge is 0.243 e. The van der Waals surface area contributed by atoms with Crippen molar-refractivity contribution < 1.29 is 13.2 Å². The van der Waals surface area contributed by atoms with Gasteiger partial charge in [-0.2, -0.15) is 9.57 Å². The zero-order chi connectivity index (χ0) is 19.9. The summed E-state index contributed by atoms with van der Waals surface area (Å²) in [6, 6.07) is 17.7. The van der Waals surface area contributed by atoms with E-state index in [0.717, 1.165) is 5.56 Å². The number of nitrogens with zero attached hydrogens (tertiary/aromatic N) is 3. The van der Waals surface area contributed by atoms with E-state index in [4.69, 9.17) is 5.26 Å². The molecule has 2 aliphatic heterocycles. The molecule has 2 aromatic rings. The molecule has 144 valence electrons. The van der Waals surface area contributed by atoms with Crippen molar-refractivity contribution in [3.05, 3.63) is 65.7 Å². The lowest BCUT2D eigenvalue weighted by atomic mass is 9.89. The predicted octanol–water partition coefficient (Wildman–Crippen LogP) is 2.40. The molecule has 2 saturated heterocycles. The predicted molar refractivity (Wildman–Crippen MR) is 103 cm³/mol. The normalized spacial score (nSPS) is 24.7. The first-order chi connectivity index (χ1) is 13.4. The standard InChI is InChI=1S/C21H21N3O3S/c1-15(25)24-13-18-12-23(14-20(18)21(24)17-5-3-2-4-6-17)28(26,27)19-9-7-16(11-22)8-10-19/h2-10,18,20-21H,12-14H2,1H3/t18-,20-,21+/m1/s1. The first-order valence-electron chi connectivity index (χ1n) is 9.24. The molecular formula is C21H21N3O3S. The molecule has 0 radical (unpaired) electrons. The maximum absolute atomic E-state index is 13.1. The number of carbonyl (C=O) groups is 1. The molecular weight excluding hydrogens is 374 g/mol. The summed E-state index contributed by atoms with van der Waals surface area (Å²) in [5.41, 5.74) is 1.47. The van der Waals surface area contributed by atoms with Crippen molar-refractivity contribution in [2.24, 2.45) is 11.8 Å². The molecule has 4 rings (SSSR count). The minimum Gasteiger partial charge on any atom is -0.335 e. The molecule has 0 aromatic heterocycles. The van der Waals surface area contributed by atoms with Crippen LogP contribution in [-0.2, 0) is 14.8 Å². The summed E-state index contributed by atoms with van der Waals surface area (Å²) in [5, 5.41) is 8.92. The number of fused-ring (bicyclic) bond motifs is 1. The van der Waals surface area contributed by atoms with Crippen LogP contribution in [0, 0.1) is 23.2 Å². The SMILES string of the molecule is CC(=O)N1C[C@H]2CN(S(=O)(=O)c3ccc(C#N)cc3)C[C@H]2[C@@H]1c1ccccc1. The Morgan fingerprint density at radius 3 is 2.32 bits per heavy atom. The lowest BCUT2D eigenvalue weighted by molar-refractivity contribution is -0.130. The van der Waals surface area contributed by atoms with Crippen LogP contribution in [0.4, 0.5) is 0 Å². The molecule has 2 heterocycles. The second-order valence-electron chi connectivity index (χ2n) is 7.41. The van der Waals surface area contributed by atoms with Crippen molar-refractivity contribution in [2.45, 2.75) is 17.9 Å². The van der Waals surface area contributed by atoms with Gasteiger partial charge in [0.05, 0.1) is 22.6 Å². The Kier molecular flexibility index (Phi) is 4.69. The third-order valence-corrected chi connectivity index (χ3v) is 7.64. The maximum Gasteiger partial charge on any atom is 0.243 e. The van der Waals surface area contributed by atoms with Gasteiger partial charge >= 0.3 is 0 Å². The molecule has 7 heteroatoms. The Labute approximate surface area is 165 Å². The van der Waals surface area contributed by atoms with E-state index in [1.54, 1.807) is 6.92 Å². The van der Waals surface area contributed by atoms with E-state index >= 15 is 0 Å².